The zero-order chi connectivity index (χ0) is 16.3. The molecule has 0 bridgehead atoms. The molecule has 0 aliphatic carbocycles. The third-order valence-electron chi connectivity index (χ3n) is 2.33. The predicted molar refractivity (Wildman–Crippen MR) is 85.2 cm³/mol. The van der Waals surface area contributed by atoms with E-state index in [9.17, 15) is 4.57 Å². The van der Waals surface area contributed by atoms with Crippen molar-refractivity contribution < 1.29 is 18.1 Å². The third-order valence-corrected chi connectivity index (χ3v) is 4.44. The molecule has 0 fully saturated rings. The molecule has 4 nitrogen and oxygen atoms in total. The number of hydrogen-bond donors (Lipinski definition) is 0. The van der Waals surface area contributed by atoms with Gasteiger partial charge in [-0.15, -0.1) is 0 Å². The van der Waals surface area contributed by atoms with Gasteiger partial charge in [0.2, 0.25) is 0 Å². The Kier molecular flexibility index (Phi) is 5.79. The van der Waals surface area contributed by atoms with E-state index in [0.29, 0.717) is 0 Å². The third kappa shape index (κ3) is 7.23. The second kappa shape index (κ2) is 6.62. The van der Waals surface area contributed by atoms with Crippen molar-refractivity contribution >= 4 is 7.82 Å². The van der Waals surface area contributed by atoms with E-state index in [1.165, 1.54) is 0 Å². The van der Waals surface area contributed by atoms with Gasteiger partial charge < -0.3 is 0 Å². The van der Waals surface area contributed by atoms with Gasteiger partial charge in [-0.1, -0.05) is 30.3 Å². The van der Waals surface area contributed by atoms with Crippen molar-refractivity contribution in [2.75, 3.05) is 0 Å². The lowest BCUT2D eigenvalue weighted by Crippen LogP contribution is -2.25. The topological polar surface area (TPSA) is 44.8 Å². The van der Waals surface area contributed by atoms with Gasteiger partial charge in [-0.05, 0) is 54.0 Å². The number of rotatable bonds is 5. The molecule has 0 N–H and O–H groups in total. The fourth-order valence-electron chi connectivity index (χ4n) is 1.71. The summed E-state index contributed by atoms with van der Waals surface area (Å²) in [6.07, 6.45) is -0.387. The van der Waals surface area contributed by atoms with E-state index < -0.39 is 19.0 Å². The van der Waals surface area contributed by atoms with Gasteiger partial charge >= 0.3 is 7.82 Å². The van der Waals surface area contributed by atoms with Crippen LogP contribution in [-0.4, -0.2) is 11.2 Å². The summed E-state index contributed by atoms with van der Waals surface area (Å²) in [5.41, 5.74) is -0.332. The molecule has 120 valence electrons. The highest BCUT2D eigenvalue weighted by atomic mass is 31.2. The molecule has 0 aliphatic rings. The van der Waals surface area contributed by atoms with E-state index in [1.807, 2.05) is 78.8 Å². The summed E-state index contributed by atoms with van der Waals surface area (Å²) in [7, 11) is -3.68. The molecule has 0 saturated carbocycles. The van der Waals surface area contributed by atoms with Crippen LogP contribution in [0.3, 0.4) is 0 Å². The van der Waals surface area contributed by atoms with Crippen LogP contribution in [0.15, 0.2) is 30.3 Å². The molecule has 1 unspecified atom stereocenters. The summed E-state index contributed by atoms with van der Waals surface area (Å²) >= 11 is 0. The highest BCUT2D eigenvalue weighted by Crippen LogP contribution is 2.58. The number of phosphoric ester groups is 1. The fraction of sp³-hybridized carbons (Fsp3) is 0.625. The van der Waals surface area contributed by atoms with Crippen molar-refractivity contribution in [3.8, 4) is 0 Å². The van der Waals surface area contributed by atoms with Gasteiger partial charge in [0.05, 0.1) is 17.3 Å². The van der Waals surface area contributed by atoms with Gasteiger partial charge in [0.1, 0.15) is 0 Å². The van der Waals surface area contributed by atoms with Crippen molar-refractivity contribution in [2.24, 2.45) is 0 Å². The van der Waals surface area contributed by atoms with Crippen LogP contribution in [0.5, 0.6) is 0 Å². The first-order chi connectivity index (χ1) is 9.40. The van der Waals surface area contributed by atoms with Gasteiger partial charge in [0, 0.05) is 0 Å². The van der Waals surface area contributed by atoms with Crippen LogP contribution in [-0.2, 0) is 18.1 Å². The van der Waals surface area contributed by atoms with Gasteiger partial charge in [0.25, 0.3) is 0 Å². The maximum atomic E-state index is 13.0. The molecule has 0 spiro atoms. The molecule has 1 atom stereocenters. The minimum absolute atomic E-state index is 0.387. The Morgan fingerprint density at radius 3 is 1.71 bits per heavy atom. The molecule has 0 aliphatic heterocycles. The molecule has 21 heavy (non-hydrogen) atoms. The van der Waals surface area contributed by atoms with Crippen molar-refractivity contribution in [3.63, 3.8) is 0 Å². The lowest BCUT2D eigenvalue weighted by atomic mass is 10.1. The predicted octanol–water partition coefficient (Wildman–Crippen LogP) is 5.50. The van der Waals surface area contributed by atoms with Crippen LogP contribution in [0.1, 0.15) is 60.1 Å². The number of benzene rings is 1. The second-order valence-corrected chi connectivity index (χ2v) is 8.48. The largest absolute Gasteiger partial charge is 0.476 e. The molecule has 0 saturated heterocycles. The molecule has 5 heteroatoms. The monoisotopic (exact) mass is 314 g/mol. The molecule has 0 aromatic heterocycles. The summed E-state index contributed by atoms with van der Waals surface area (Å²) in [6, 6.07) is 9.59. The molecule has 1 aromatic rings. The number of hydrogen-bond acceptors (Lipinski definition) is 4. The van der Waals surface area contributed by atoms with Gasteiger partial charge in [-0.2, -0.15) is 0 Å². The van der Waals surface area contributed by atoms with E-state index in [2.05, 4.69) is 0 Å². The van der Waals surface area contributed by atoms with Crippen molar-refractivity contribution in [2.45, 2.75) is 65.8 Å². The summed E-state index contributed by atoms with van der Waals surface area (Å²) in [5.74, 6) is 0. The highest BCUT2D eigenvalue weighted by Gasteiger charge is 2.38. The van der Waals surface area contributed by atoms with E-state index >= 15 is 0 Å². The Morgan fingerprint density at radius 2 is 1.33 bits per heavy atom. The van der Waals surface area contributed by atoms with Crippen LogP contribution in [0.25, 0.3) is 0 Å². The minimum Gasteiger partial charge on any atom is -0.281 e. The van der Waals surface area contributed by atoms with E-state index in [-0.39, 0.29) is 6.10 Å². The Morgan fingerprint density at radius 1 is 0.905 bits per heavy atom. The first kappa shape index (κ1) is 18.4. The Labute approximate surface area is 128 Å². The molecule has 0 amide bonds. The Balaban J connectivity index is 2.95. The minimum atomic E-state index is -3.68. The standard InChI is InChI=1S/C16H27O4P/c1-13(14-11-9-8-10-12-14)18-21(17,19-15(2,3)4)20-16(5,6)7/h8-13H,1-7H3. The molecule has 1 rings (SSSR count). The normalized spacial score (nSPS) is 15.0. The maximum Gasteiger partial charge on any atom is 0.476 e. The fourth-order valence-corrected chi connectivity index (χ4v) is 3.69. The first-order valence-corrected chi connectivity index (χ1v) is 8.61. The van der Waals surface area contributed by atoms with Crippen LogP contribution in [0.2, 0.25) is 0 Å². The number of phosphoric acid groups is 1. The lowest BCUT2D eigenvalue weighted by molar-refractivity contribution is -0.00862. The second-order valence-electron chi connectivity index (χ2n) is 7.01. The van der Waals surface area contributed by atoms with Crippen LogP contribution < -0.4 is 0 Å². The van der Waals surface area contributed by atoms with Crippen molar-refractivity contribution in [1.82, 2.24) is 0 Å². The quantitative estimate of drug-likeness (QED) is 0.673. The van der Waals surface area contributed by atoms with Gasteiger partial charge in [-0.3, -0.25) is 13.6 Å². The maximum absolute atomic E-state index is 13.0. The molecular formula is C16H27O4P. The molecular weight excluding hydrogens is 287 g/mol. The van der Waals surface area contributed by atoms with Crippen LogP contribution in [0.4, 0.5) is 0 Å². The zero-order valence-electron chi connectivity index (χ0n) is 14.0. The molecule has 0 heterocycles. The first-order valence-electron chi connectivity index (χ1n) is 7.15. The van der Waals surface area contributed by atoms with E-state index in [4.69, 9.17) is 13.6 Å². The average molecular weight is 314 g/mol. The highest BCUT2D eigenvalue weighted by molar-refractivity contribution is 7.48. The molecule has 0 radical (unpaired) electrons. The summed E-state index contributed by atoms with van der Waals surface area (Å²) in [6.45, 7) is 12.8. The summed E-state index contributed by atoms with van der Waals surface area (Å²) < 4.78 is 29.9. The Bertz CT molecular complexity index is 465. The van der Waals surface area contributed by atoms with E-state index in [1.54, 1.807) is 0 Å². The van der Waals surface area contributed by atoms with Gasteiger partial charge in [0.15, 0.2) is 0 Å². The van der Waals surface area contributed by atoms with Crippen molar-refractivity contribution in [3.05, 3.63) is 35.9 Å². The van der Waals surface area contributed by atoms with Crippen LogP contribution in [0, 0.1) is 0 Å². The van der Waals surface area contributed by atoms with Crippen molar-refractivity contribution in [1.29, 1.82) is 0 Å². The van der Waals surface area contributed by atoms with Gasteiger partial charge in [-0.25, -0.2) is 4.57 Å². The smallest absolute Gasteiger partial charge is 0.281 e. The van der Waals surface area contributed by atoms with E-state index in [0.717, 1.165) is 5.56 Å². The average Bonchev–Trinajstić information content (AvgIpc) is 2.24. The lowest BCUT2D eigenvalue weighted by Gasteiger charge is -2.32. The molecule has 1 aromatic carbocycles. The Hall–Kier alpha value is -0.670. The van der Waals surface area contributed by atoms with Crippen LogP contribution >= 0.6 is 7.82 Å². The summed E-state index contributed by atoms with van der Waals surface area (Å²) in [5, 5.41) is 0. The summed E-state index contributed by atoms with van der Waals surface area (Å²) in [4.78, 5) is 0. The zero-order valence-corrected chi connectivity index (χ0v) is 14.9. The SMILES string of the molecule is CC(OP(=O)(OC(C)(C)C)OC(C)(C)C)c1ccccc1.